The van der Waals surface area contributed by atoms with Crippen LogP contribution in [0.25, 0.3) is 11.5 Å². The van der Waals surface area contributed by atoms with Crippen LogP contribution in [0.2, 0.25) is 0 Å². The Bertz CT molecular complexity index is 999. The number of hydrogen-bond acceptors (Lipinski definition) is 7. The number of ether oxygens (including phenoxy) is 1. The minimum atomic E-state index is -0.397. The Hall–Kier alpha value is -3.26. The van der Waals surface area contributed by atoms with Crippen molar-refractivity contribution in [3.63, 3.8) is 0 Å². The van der Waals surface area contributed by atoms with Gasteiger partial charge >= 0.3 is 0 Å². The smallest absolute Gasteiger partial charge is 0.257 e. The van der Waals surface area contributed by atoms with E-state index < -0.39 is 6.04 Å². The van der Waals surface area contributed by atoms with Crippen molar-refractivity contribution in [2.24, 2.45) is 0 Å². The molecule has 2 fully saturated rings. The lowest BCUT2D eigenvalue weighted by Crippen LogP contribution is -2.43. The van der Waals surface area contributed by atoms with Gasteiger partial charge in [-0.2, -0.15) is 4.98 Å². The zero-order valence-corrected chi connectivity index (χ0v) is 16.6. The topological polar surface area (TPSA) is 84.6 Å². The fourth-order valence-corrected chi connectivity index (χ4v) is 3.94. The lowest BCUT2D eigenvalue weighted by atomic mass is 10.1. The summed E-state index contributed by atoms with van der Waals surface area (Å²) in [5, 5.41) is 4.13. The Kier molecular flexibility index (Phi) is 5.15. The first-order valence-corrected chi connectivity index (χ1v) is 10.3. The summed E-state index contributed by atoms with van der Waals surface area (Å²) < 4.78 is 11.1. The third kappa shape index (κ3) is 3.66. The van der Waals surface area contributed by atoms with Crippen LogP contribution in [-0.2, 0) is 4.74 Å². The zero-order valence-electron chi connectivity index (χ0n) is 16.6. The van der Waals surface area contributed by atoms with Crippen molar-refractivity contribution in [2.45, 2.75) is 18.9 Å². The molecule has 0 N–H and O–H groups in total. The molecule has 1 aromatic carbocycles. The quantitative estimate of drug-likeness (QED) is 0.660. The average Bonchev–Trinajstić information content (AvgIpc) is 3.52. The molecule has 0 saturated carbocycles. The number of aromatic nitrogens is 3. The van der Waals surface area contributed by atoms with Crippen molar-refractivity contribution in [1.29, 1.82) is 0 Å². The molecule has 2 aliphatic heterocycles. The molecule has 1 amide bonds. The van der Waals surface area contributed by atoms with E-state index in [1.807, 2.05) is 42.5 Å². The Labute approximate surface area is 174 Å². The third-order valence-electron chi connectivity index (χ3n) is 5.57. The Balaban J connectivity index is 1.36. The number of amides is 1. The first-order chi connectivity index (χ1) is 14.8. The molecular weight excluding hydrogens is 382 g/mol. The van der Waals surface area contributed by atoms with Gasteiger partial charge in [-0.05, 0) is 37.1 Å². The summed E-state index contributed by atoms with van der Waals surface area (Å²) in [4.78, 5) is 26.3. The lowest BCUT2D eigenvalue weighted by Gasteiger charge is -2.33. The molecule has 0 radical (unpaired) electrons. The van der Waals surface area contributed by atoms with E-state index in [2.05, 4.69) is 20.0 Å². The predicted molar refractivity (Wildman–Crippen MR) is 110 cm³/mol. The largest absolute Gasteiger partial charge is 0.377 e. The average molecular weight is 405 g/mol. The maximum Gasteiger partial charge on any atom is 0.257 e. The molecular formula is C22H23N5O3. The summed E-state index contributed by atoms with van der Waals surface area (Å²) in [5.74, 6) is 1.70. The van der Waals surface area contributed by atoms with Crippen LogP contribution >= 0.6 is 0 Å². The van der Waals surface area contributed by atoms with E-state index in [1.54, 1.807) is 11.1 Å². The summed E-state index contributed by atoms with van der Waals surface area (Å²) in [6.07, 6.45) is 4.04. The summed E-state index contributed by atoms with van der Waals surface area (Å²) in [6, 6.07) is 13.0. The summed E-state index contributed by atoms with van der Waals surface area (Å²) in [5.41, 5.74) is 1.39. The first-order valence-electron chi connectivity index (χ1n) is 10.3. The monoisotopic (exact) mass is 405 g/mol. The summed E-state index contributed by atoms with van der Waals surface area (Å²) in [6.45, 7) is 3.32. The molecule has 2 aliphatic rings. The molecule has 0 aliphatic carbocycles. The van der Waals surface area contributed by atoms with E-state index in [4.69, 9.17) is 9.26 Å². The van der Waals surface area contributed by atoms with Crippen LogP contribution in [0.15, 0.2) is 53.2 Å². The van der Waals surface area contributed by atoms with E-state index in [9.17, 15) is 4.79 Å². The van der Waals surface area contributed by atoms with Crippen molar-refractivity contribution >= 4 is 11.7 Å². The van der Waals surface area contributed by atoms with Crippen LogP contribution < -0.4 is 4.90 Å². The second-order valence-corrected chi connectivity index (χ2v) is 7.51. The van der Waals surface area contributed by atoms with Gasteiger partial charge in [0, 0.05) is 31.4 Å². The maximum atomic E-state index is 13.2. The van der Waals surface area contributed by atoms with E-state index in [-0.39, 0.29) is 5.91 Å². The second kappa shape index (κ2) is 8.23. The third-order valence-corrected chi connectivity index (χ3v) is 5.57. The van der Waals surface area contributed by atoms with Crippen molar-refractivity contribution < 1.29 is 14.1 Å². The highest BCUT2D eigenvalue weighted by molar-refractivity contribution is 5.94. The number of anilines is 1. The number of benzene rings is 1. The minimum absolute atomic E-state index is 0.102. The molecule has 3 aromatic rings. The van der Waals surface area contributed by atoms with Gasteiger partial charge in [0.1, 0.15) is 11.9 Å². The standard InChI is InChI=1S/C22H23N5O3/c28-22(17-8-9-19(23-14-17)26-10-4-5-11-26)27-12-13-29-15-18(27)20-24-21(30-25-20)16-6-2-1-3-7-16/h1-3,6-9,14,18H,4-5,10-13,15H2. The number of rotatable bonds is 4. The molecule has 2 aromatic heterocycles. The van der Waals surface area contributed by atoms with Crippen LogP contribution in [-0.4, -0.2) is 58.8 Å². The van der Waals surface area contributed by atoms with E-state index >= 15 is 0 Å². The Morgan fingerprint density at radius 2 is 1.87 bits per heavy atom. The highest BCUT2D eigenvalue weighted by Crippen LogP contribution is 2.27. The van der Waals surface area contributed by atoms with E-state index in [1.165, 1.54) is 12.8 Å². The van der Waals surface area contributed by atoms with Crippen molar-refractivity contribution in [3.05, 3.63) is 60.0 Å². The van der Waals surface area contributed by atoms with Crippen LogP contribution in [0.5, 0.6) is 0 Å². The first kappa shape index (κ1) is 18.7. The van der Waals surface area contributed by atoms with Crippen molar-refractivity contribution in [2.75, 3.05) is 37.7 Å². The molecule has 4 heterocycles. The van der Waals surface area contributed by atoms with E-state index in [0.717, 1.165) is 24.5 Å². The molecule has 8 heteroatoms. The minimum Gasteiger partial charge on any atom is -0.377 e. The number of carbonyl (C=O) groups is 1. The van der Waals surface area contributed by atoms with Gasteiger partial charge in [0.2, 0.25) is 0 Å². The number of nitrogens with zero attached hydrogens (tertiary/aromatic N) is 5. The molecule has 1 unspecified atom stereocenters. The van der Waals surface area contributed by atoms with Gasteiger partial charge in [-0.15, -0.1) is 0 Å². The summed E-state index contributed by atoms with van der Waals surface area (Å²) >= 11 is 0. The van der Waals surface area contributed by atoms with E-state index in [0.29, 0.717) is 37.0 Å². The molecule has 30 heavy (non-hydrogen) atoms. The molecule has 1 atom stereocenters. The molecule has 154 valence electrons. The molecule has 5 rings (SSSR count). The Morgan fingerprint density at radius 1 is 1.03 bits per heavy atom. The highest BCUT2D eigenvalue weighted by Gasteiger charge is 2.33. The number of hydrogen-bond donors (Lipinski definition) is 0. The molecule has 2 saturated heterocycles. The SMILES string of the molecule is O=C(c1ccc(N2CCCC2)nc1)N1CCOCC1c1noc(-c2ccccc2)n1. The number of morpholine rings is 1. The number of carbonyl (C=O) groups excluding carboxylic acids is 1. The van der Waals surface area contributed by atoms with Crippen molar-refractivity contribution in [1.82, 2.24) is 20.0 Å². The maximum absolute atomic E-state index is 13.2. The van der Waals surface area contributed by atoms with Crippen LogP contribution in [0.4, 0.5) is 5.82 Å². The van der Waals surface area contributed by atoms with Gasteiger partial charge in [0.25, 0.3) is 11.8 Å². The van der Waals surface area contributed by atoms with Crippen molar-refractivity contribution in [3.8, 4) is 11.5 Å². The van der Waals surface area contributed by atoms with Crippen LogP contribution in [0.3, 0.4) is 0 Å². The van der Waals surface area contributed by atoms with Crippen LogP contribution in [0, 0.1) is 0 Å². The molecule has 8 nitrogen and oxygen atoms in total. The van der Waals surface area contributed by atoms with Gasteiger partial charge < -0.3 is 19.1 Å². The van der Waals surface area contributed by atoms with Gasteiger partial charge in [0.15, 0.2) is 5.82 Å². The molecule has 0 spiro atoms. The Morgan fingerprint density at radius 3 is 2.63 bits per heavy atom. The highest BCUT2D eigenvalue weighted by atomic mass is 16.5. The van der Waals surface area contributed by atoms with Gasteiger partial charge in [-0.1, -0.05) is 23.4 Å². The summed E-state index contributed by atoms with van der Waals surface area (Å²) in [7, 11) is 0. The fourth-order valence-electron chi connectivity index (χ4n) is 3.94. The normalized spacial score (nSPS) is 19.3. The zero-order chi connectivity index (χ0) is 20.3. The van der Waals surface area contributed by atoms with Crippen LogP contribution in [0.1, 0.15) is 35.1 Å². The predicted octanol–water partition coefficient (Wildman–Crippen LogP) is 2.95. The molecule has 0 bridgehead atoms. The lowest BCUT2D eigenvalue weighted by molar-refractivity contribution is -0.00578. The second-order valence-electron chi connectivity index (χ2n) is 7.51. The van der Waals surface area contributed by atoms with Gasteiger partial charge in [-0.25, -0.2) is 4.98 Å². The fraction of sp³-hybridized carbons (Fsp3) is 0.364. The van der Waals surface area contributed by atoms with Gasteiger partial charge in [-0.3, -0.25) is 4.79 Å². The van der Waals surface area contributed by atoms with Gasteiger partial charge in [0.05, 0.1) is 18.8 Å². The number of pyridine rings is 1.